The van der Waals surface area contributed by atoms with Crippen molar-refractivity contribution in [2.45, 2.75) is 25.9 Å². The van der Waals surface area contributed by atoms with Crippen molar-refractivity contribution in [3.63, 3.8) is 0 Å². The molecule has 2 aliphatic heterocycles. The predicted octanol–water partition coefficient (Wildman–Crippen LogP) is 2.34. The zero-order valence-electron chi connectivity index (χ0n) is 18.4. The van der Waals surface area contributed by atoms with Crippen LogP contribution in [0.25, 0.3) is 0 Å². The van der Waals surface area contributed by atoms with Gasteiger partial charge >= 0.3 is 6.09 Å². The van der Waals surface area contributed by atoms with E-state index in [1.807, 2.05) is 0 Å². The van der Waals surface area contributed by atoms with Crippen molar-refractivity contribution in [1.82, 2.24) is 15.0 Å². The van der Waals surface area contributed by atoms with Crippen molar-refractivity contribution in [1.29, 1.82) is 0 Å². The number of ketones is 1. The van der Waals surface area contributed by atoms with Gasteiger partial charge in [-0.15, -0.1) is 0 Å². The van der Waals surface area contributed by atoms with Gasteiger partial charge < -0.3 is 14.4 Å². The Kier molecular flexibility index (Phi) is 6.96. The number of hydroxylamine groups is 2. The van der Waals surface area contributed by atoms with Crippen LogP contribution in [0.2, 0.25) is 0 Å². The van der Waals surface area contributed by atoms with Crippen LogP contribution in [0.5, 0.6) is 0 Å². The van der Waals surface area contributed by atoms with Gasteiger partial charge in [0.1, 0.15) is 23.3 Å². The molecule has 180 valence electrons. The molecule has 2 saturated heterocycles. The first-order valence-electron chi connectivity index (χ1n) is 10.8. The Bertz CT molecular complexity index is 1060. The van der Waals surface area contributed by atoms with Crippen LogP contribution in [0.3, 0.4) is 0 Å². The first-order chi connectivity index (χ1) is 16.3. The van der Waals surface area contributed by atoms with Gasteiger partial charge in [-0.2, -0.15) is 0 Å². The largest absolute Gasteiger partial charge is 0.444 e. The number of aromatic nitrogens is 2. The minimum Gasteiger partial charge on any atom is -0.444 e. The number of benzene rings is 1. The fourth-order valence-electron chi connectivity index (χ4n) is 3.83. The zero-order chi connectivity index (χ0) is 24.2. The number of carbonyl (C=O) groups is 3. The predicted molar refractivity (Wildman–Crippen MR) is 115 cm³/mol. The number of Topliss-reactive ketones (excluding diaryl/α,β-unsaturated/α-hetero) is 1. The molecule has 1 aromatic carbocycles. The third-order valence-corrected chi connectivity index (χ3v) is 5.51. The highest BCUT2D eigenvalue weighted by molar-refractivity contribution is 5.91. The second-order valence-electron chi connectivity index (χ2n) is 7.93. The summed E-state index contributed by atoms with van der Waals surface area (Å²) in [6.45, 7) is 1.85. The van der Waals surface area contributed by atoms with Gasteiger partial charge in [-0.3, -0.25) is 19.5 Å². The van der Waals surface area contributed by atoms with Crippen molar-refractivity contribution in [3.05, 3.63) is 48.1 Å². The van der Waals surface area contributed by atoms with Crippen LogP contribution in [0.15, 0.2) is 30.7 Å². The van der Waals surface area contributed by atoms with Crippen LogP contribution in [0.4, 0.5) is 25.0 Å². The molecule has 1 atom stereocenters. The molecule has 2 aliphatic rings. The average Bonchev–Trinajstić information content (AvgIpc) is 3.02. The second kappa shape index (κ2) is 10.1. The Hall–Kier alpha value is -3.67. The Labute approximate surface area is 194 Å². The number of ether oxygens (including phenoxy) is 1. The third-order valence-electron chi connectivity index (χ3n) is 5.51. The molecule has 2 fully saturated rings. The third kappa shape index (κ3) is 5.11. The molecule has 3 heterocycles. The summed E-state index contributed by atoms with van der Waals surface area (Å²) >= 11 is 0. The monoisotopic (exact) mass is 475 g/mol. The fourth-order valence-corrected chi connectivity index (χ4v) is 3.83. The number of hydrogen-bond acceptors (Lipinski definition) is 8. The van der Waals surface area contributed by atoms with Crippen molar-refractivity contribution < 1.29 is 32.7 Å². The van der Waals surface area contributed by atoms with E-state index in [1.165, 1.54) is 30.4 Å². The van der Waals surface area contributed by atoms with Gasteiger partial charge in [0, 0.05) is 44.0 Å². The van der Waals surface area contributed by atoms with Crippen LogP contribution in [0.1, 0.15) is 30.3 Å². The molecule has 2 amide bonds. The summed E-state index contributed by atoms with van der Waals surface area (Å²) in [5.41, 5.74) is -0.154. The topological polar surface area (TPSA) is 105 Å². The molecule has 0 spiro atoms. The van der Waals surface area contributed by atoms with Crippen LogP contribution in [-0.4, -0.2) is 71.7 Å². The van der Waals surface area contributed by atoms with Crippen molar-refractivity contribution in [3.8, 4) is 0 Å². The molecule has 0 radical (unpaired) electrons. The van der Waals surface area contributed by atoms with E-state index < -0.39 is 29.7 Å². The van der Waals surface area contributed by atoms with Gasteiger partial charge in [0.05, 0.1) is 31.6 Å². The Morgan fingerprint density at radius 3 is 2.59 bits per heavy atom. The van der Waals surface area contributed by atoms with E-state index in [1.54, 1.807) is 0 Å². The number of cyclic esters (lactones) is 1. The molecular weight excluding hydrogens is 452 g/mol. The average molecular weight is 475 g/mol. The highest BCUT2D eigenvalue weighted by Gasteiger charge is 2.34. The maximum absolute atomic E-state index is 15.0. The first kappa shape index (κ1) is 23.5. The Morgan fingerprint density at radius 2 is 1.91 bits per heavy atom. The van der Waals surface area contributed by atoms with Crippen molar-refractivity contribution >= 4 is 29.2 Å². The molecule has 0 aliphatic carbocycles. The zero-order valence-corrected chi connectivity index (χ0v) is 18.4. The summed E-state index contributed by atoms with van der Waals surface area (Å²) in [7, 11) is 0. The molecule has 0 bridgehead atoms. The number of amides is 2. The lowest BCUT2D eigenvalue weighted by Crippen LogP contribution is -2.35. The highest BCUT2D eigenvalue weighted by Crippen LogP contribution is 2.32. The van der Waals surface area contributed by atoms with Gasteiger partial charge in [-0.25, -0.2) is 23.6 Å². The number of nitrogens with zero attached hydrogens (tertiary/aromatic N) is 5. The summed E-state index contributed by atoms with van der Waals surface area (Å²) in [6.07, 6.45) is 3.47. The summed E-state index contributed by atoms with van der Waals surface area (Å²) in [5.74, 6) is -2.25. The molecule has 34 heavy (non-hydrogen) atoms. The number of anilines is 2. The molecule has 1 aromatic heterocycles. The van der Waals surface area contributed by atoms with E-state index in [4.69, 9.17) is 9.57 Å². The minimum absolute atomic E-state index is 0.0168. The van der Waals surface area contributed by atoms with Crippen LogP contribution in [-0.2, 0) is 14.4 Å². The maximum Gasteiger partial charge on any atom is 0.414 e. The number of rotatable bonds is 6. The van der Waals surface area contributed by atoms with Gasteiger partial charge in [0.15, 0.2) is 11.6 Å². The SMILES string of the molecule is CC(=O)CC[C@H]1CN(c2cc(F)c(N3CCON(C(=O)c4cnccn4)CC3)c(F)c2)C(=O)O1. The molecule has 10 nitrogen and oxygen atoms in total. The van der Waals surface area contributed by atoms with E-state index in [9.17, 15) is 14.4 Å². The van der Waals surface area contributed by atoms with Gasteiger partial charge in [0.25, 0.3) is 5.91 Å². The normalized spacial score (nSPS) is 18.6. The second-order valence-corrected chi connectivity index (χ2v) is 7.93. The first-order valence-corrected chi connectivity index (χ1v) is 10.8. The Balaban J connectivity index is 1.45. The van der Waals surface area contributed by atoms with Gasteiger partial charge in [0.2, 0.25) is 0 Å². The van der Waals surface area contributed by atoms with Crippen molar-refractivity contribution in [2.75, 3.05) is 42.6 Å². The highest BCUT2D eigenvalue weighted by atomic mass is 19.1. The molecule has 4 rings (SSSR count). The molecular formula is C22H23F2N5O5. The molecule has 0 saturated carbocycles. The Morgan fingerprint density at radius 1 is 1.15 bits per heavy atom. The van der Waals surface area contributed by atoms with E-state index >= 15 is 8.78 Å². The lowest BCUT2D eigenvalue weighted by Gasteiger charge is -2.24. The maximum atomic E-state index is 15.0. The lowest BCUT2D eigenvalue weighted by atomic mass is 10.1. The number of hydrogen-bond donors (Lipinski definition) is 0. The standard InChI is InChI=1S/C22H23F2N5O5/c1-14(30)2-3-16-13-28(22(32)34-16)15-10-17(23)20(18(24)11-15)27-6-7-29(33-9-8-27)21(31)19-12-25-4-5-26-19/h4-5,10-12,16H,2-3,6-9,13H2,1H3/t16-/m0/s1. The summed E-state index contributed by atoms with van der Waals surface area (Å²) in [5, 5.41) is 1.09. The van der Waals surface area contributed by atoms with Crippen LogP contribution < -0.4 is 9.80 Å². The number of halogens is 2. The minimum atomic E-state index is -0.858. The fraction of sp³-hybridized carbons (Fsp3) is 0.409. The van der Waals surface area contributed by atoms with E-state index in [0.717, 1.165) is 22.1 Å². The van der Waals surface area contributed by atoms with E-state index in [2.05, 4.69) is 9.97 Å². The summed E-state index contributed by atoms with van der Waals surface area (Å²) in [4.78, 5) is 51.7. The van der Waals surface area contributed by atoms with E-state index in [0.29, 0.717) is 6.42 Å². The number of carbonyl (C=O) groups excluding carboxylic acids is 3. The van der Waals surface area contributed by atoms with Gasteiger partial charge in [-0.1, -0.05) is 0 Å². The van der Waals surface area contributed by atoms with Crippen molar-refractivity contribution in [2.24, 2.45) is 0 Å². The molecule has 12 heteroatoms. The van der Waals surface area contributed by atoms with Crippen LogP contribution in [0, 0.1) is 11.6 Å². The molecule has 0 unspecified atom stereocenters. The quantitative estimate of drug-likeness (QED) is 0.627. The summed E-state index contributed by atoms with van der Waals surface area (Å²) in [6, 6.07) is 2.14. The lowest BCUT2D eigenvalue weighted by molar-refractivity contribution is -0.117. The van der Waals surface area contributed by atoms with E-state index in [-0.39, 0.29) is 62.1 Å². The summed E-state index contributed by atoms with van der Waals surface area (Å²) < 4.78 is 35.3. The smallest absolute Gasteiger partial charge is 0.414 e. The van der Waals surface area contributed by atoms with Crippen LogP contribution >= 0.6 is 0 Å². The molecule has 0 N–H and O–H groups in total. The molecule has 2 aromatic rings. The van der Waals surface area contributed by atoms with Gasteiger partial charge in [-0.05, 0) is 13.3 Å².